The van der Waals surface area contributed by atoms with Gasteiger partial charge in [-0.3, -0.25) is 19.2 Å². The second kappa shape index (κ2) is 13.5. The molecule has 0 heterocycles. The van der Waals surface area contributed by atoms with E-state index in [1.54, 1.807) is 13.8 Å². The second-order valence-corrected chi connectivity index (χ2v) is 4.40. The monoisotopic (exact) mass is 332 g/mol. The SMILES string of the molecule is CCOC(=O)CCOC(=O)CCCC(=O)OCCC(=O)OCC. The minimum Gasteiger partial charge on any atom is -0.466 e. The molecule has 0 rings (SSSR count). The van der Waals surface area contributed by atoms with Crippen molar-refractivity contribution in [1.29, 1.82) is 0 Å². The van der Waals surface area contributed by atoms with Crippen molar-refractivity contribution in [3.05, 3.63) is 0 Å². The Morgan fingerprint density at radius 2 is 0.913 bits per heavy atom. The molecule has 8 heteroatoms. The van der Waals surface area contributed by atoms with Gasteiger partial charge in [-0.1, -0.05) is 0 Å². The third-order valence-electron chi connectivity index (χ3n) is 2.51. The van der Waals surface area contributed by atoms with Gasteiger partial charge in [0, 0.05) is 12.8 Å². The van der Waals surface area contributed by atoms with Gasteiger partial charge in [0.25, 0.3) is 0 Å². The standard InChI is InChI=1S/C15H24O8/c1-3-20-14(18)8-10-22-12(16)6-5-7-13(17)23-11-9-15(19)21-4-2/h3-11H2,1-2H3. The molecule has 0 aromatic heterocycles. The molecule has 0 atom stereocenters. The number of ether oxygens (including phenoxy) is 4. The van der Waals surface area contributed by atoms with Crippen LogP contribution in [0.15, 0.2) is 0 Å². The molecule has 0 fully saturated rings. The van der Waals surface area contributed by atoms with Gasteiger partial charge in [0.1, 0.15) is 13.2 Å². The molecule has 0 bridgehead atoms. The smallest absolute Gasteiger partial charge is 0.309 e. The summed E-state index contributed by atoms with van der Waals surface area (Å²) >= 11 is 0. The van der Waals surface area contributed by atoms with E-state index >= 15 is 0 Å². The fourth-order valence-electron chi connectivity index (χ4n) is 1.48. The lowest BCUT2D eigenvalue weighted by Crippen LogP contribution is -2.13. The molecule has 0 spiro atoms. The zero-order valence-corrected chi connectivity index (χ0v) is 13.6. The number of carbonyl (C=O) groups excluding carboxylic acids is 4. The Hall–Kier alpha value is -2.12. The van der Waals surface area contributed by atoms with Crippen molar-refractivity contribution in [3.8, 4) is 0 Å². The van der Waals surface area contributed by atoms with Gasteiger partial charge in [-0.05, 0) is 20.3 Å². The van der Waals surface area contributed by atoms with Gasteiger partial charge in [-0.2, -0.15) is 0 Å². The van der Waals surface area contributed by atoms with Crippen molar-refractivity contribution in [2.24, 2.45) is 0 Å². The first-order valence-electron chi connectivity index (χ1n) is 7.62. The minimum absolute atomic E-state index is 0.00941. The van der Waals surface area contributed by atoms with Crippen LogP contribution >= 0.6 is 0 Å². The lowest BCUT2D eigenvalue weighted by Gasteiger charge is -2.06. The summed E-state index contributed by atoms with van der Waals surface area (Å²) in [4.78, 5) is 44.7. The molecule has 0 amide bonds. The fraction of sp³-hybridized carbons (Fsp3) is 0.733. The highest BCUT2D eigenvalue weighted by Gasteiger charge is 2.10. The zero-order chi connectivity index (χ0) is 17.5. The molecule has 0 unspecified atom stereocenters. The molecule has 0 saturated carbocycles. The van der Waals surface area contributed by atoms with Crippen LogP contribution < -0.4 is 0 Å². The number of esters is 4. The number of rotatable bonds is 12. The van der Waals surface area contributed by atoms with Crippen molar-refractivity contribution in [2.45, 2.75) is 46.0 Å². The number of hydrogen-bond donors (Lipinski definition) is 0. The summed E-state index contributed by atoms with van der Waals surface area (Å²) in [5, 5.41) is 0. The van der Waals surface area contributed by atoms with Crippen molar-refractivity contribution >= 4 is 23.9 Å². The molecule has 0 aliphatic rings. The van der Waals surface area contributed by atoms with Crippen LogP contribution in [-0.4, -0.2) is 50.3 Å². The molecule has 0 aromatic rings. The van der Waals surface area contributed by atoms with Gasteiger partial charge in [0.2, 0.25) is 0 Å². The van der Waals surface area contributed by atoms with E-state index in [2.05, 4.69) is 9.47 Å². The topological polar surface area (TPSA) is 105 Å². The minimum atomic E-state index is -0.492. The molecule has 0 saturated heterocycles. The Morgan fingerprint density at radius 1 is 0.565 bits per heavy atom. The first-order chi connectivity index (χ1) is 11.0. The third-order valence-corrected chi connectivity index (χ3v) is 2.51. The van der Waals surface area contributed by atoms with Crippen molar-refractivity contribution in [1.82, 2.24) is 0 Å². The molecule has 23 heavy (non-hydrogen) atoms. The van der Waals surface area contributed by atoms with Crippen LogP contribution in [0.4, 0.5) is 0 Å². The first kappa shape index (κ1) is 20.9. The number of carbonyl (C=O) groups is 4. The van der Waals surface area contributed by atoms with E-state index in [4.69, 9.17) is 9.47 Å². The lowest BCUT2D eigenvalue weighted by atomic mass is 10.2. The van der Waals surface area contributed by atoms with Crippen LogP contribution in [-0.2, 0) is 38.1 Å². The molecular weight excluding hydrogens is 308 g/mol. The van der Waals surface area contributed by atoms with Gasteiger partial charge in [-0.25, -0.2) is 0 Å². The summed E-state index contributed by atoms with van der Waals surface area (Å²) < 4.78 is 19.0. The molecule has 0 N–H and O–H groups in total. The maximum atomic E-state index is 11.4. The highest BCUT2D eigenvalue weighted by Crippen LogP contribution is 2.01. The Bertz CT molecular complexity index is 355. The molecule has 8 nitrogen and oxygen atoms in total. The normalized spacial score (nSPS) is 9.83. The highest BCUT2D eigenvalue weighted by atomic mass is 16.6. The maximum absolute atomic E-state index is 11.4. The molecule has 0 aliphatic carbocycles. The van der Waals surface area contributed by atoms with Gasteiger partial charge in [0.05, 0.1) is 26.1 Å². The van der Waals surface area contributed by atoms with Gasteiger partial charge >= 0.3 is 23.9 Å². The summed E-state index contributed by atoms with van der Waals surface area (Å²) in [6.45, 7) is 3.87. The molecule has 0 aliphatic heterocycles. The van der Waals surface area contributed by atoms with E-state index < -0.39 is 23.9 Å². The summed E-state index contributed by atoms with van der Waals surface area (Å²) in [7, 11) is 0. The van der Waals surface area contributed by atoms with Crippen LogP contribution in [0, 0.1) is 0 Å². The Morgan fingerprint density at radius 3 is 1.26 bits per heavy atom. The molecule has 132 valence electrons. The lowest BCUT2D eigenvalue weighted by molar-refractivity contribution is -0.149. The predicted octanol–water partition coefficient (Wildman–Crippen LogP) is 1.15. The molecular formula is C15H24O8. The second-order valence-electron chi connectivity index (χ2n) is 4.40. The van der Waals surface area contributed by atoms with E-state index in [-0.39, 0.29) is 58.5 Å². The van der Waals surface area contributed by atoms with E-state index in [1.807, 2.05) is 0 Å². The highest BCUT2D eigenvalue weighted by molar-refractivity contribution is 5.74. The van der Waals surface area contributed by atoms with Crippen molar-refractivity contribution in [2.75, 3.05) is 26.4 Å². The average molecular weight is 332 g/mol. The fourth-order valence-corrected chi connectivity index (χ4v) is 1.48. The van der Waals surface area contributed by atoms with Gasteiger partial charge in [0.15, 0.2) is 0 Å². The molecule has 0 aromatic carbocycles. The summed E-state index contributed by atoms with van der Waals surface area (Å²) in [5.74, 6) is -1.84. The van der Waals surface area contributed by atoms with Crippen molar-refractivity contribution in [3.63, 3.8) is 0 Å². The van der Waals surface area contributed by atoms with Crippen molar-refractivity contribution < 1.29 is 38.1 Å². The van der Waals surface area contributed by atoms with E-state index in [0.717, 1.165) is 0 Å². The van der Waals surface area contributed by atoms with Crippen LogP contribution in [0.2, 0.25) is 0 Å². The van der Waals surface area contributed by atoms with E-state index in [9.17, 15) is 19.2 Å². The summed E-state index contributed by atoms with van der Waals surface area (Å²) in [6.07, 6.45) is 0.396. The first-order valence-corrected chi connectivity index (χ1v) is 7.62. The Balaban J connectivity index is 3.57. The summed E-state index contributed by atoms with van der Waals surface area (Å²) in [5.41, 5.74) is 0. The van der Waals surface area contributed by atoms with Gasteiger partial charge in [-0.15, -0.1) is 0 Å². The van der Waals surface area contributed by atoms with E-state index in [0.29, 0.717) is 0 Å². The summed E-state index contributed by atoms with van der Waals surface area (Å²) in [6, 6.07) is 0. The van der Waals surface area contributed by atoms with Crippen LogP contribution in [0.5, 0.6) is 0 Å². The number of hydrogen-bond acceptors (Lipinski definition) is 8. The zero-order valence-electron chi connectivity index (χ0n) is 13.6. The molecule has 0 radical (unpaired) electrons. The Labute approximate surface area is 135 Å². The average Bonchev–Trinajstić information content (AvgIpc) is 2.47. The van der Waals surface area contributed by atoms with E-state index in [1.165, 1.54) is 0 Å². The van der Waals surface area contributed by atoms with Crippen LogP contribution in [0.3, 0.4) is 0 Å². The maximum Gasteiger partial charge on any atom is 0.309 e. The van der Waals surface area contributed by atoms with Crippen LogP contribution in [0.1, 0.15) is 46.0 Å². The third kappa shape index (κ3) is 13.3. The van der Waals surface area contributed by atoms with Gasteiger partial charge < -0.3 is 18.9 Å². The quantitative estimate of drug-likeness (QED) is 0.387. The largest absolute Gasteiger partial charge is 0.466 e. The van der Waals surface area contributed by atoms with Crippen LogP contribution in [0.25, 0.3) is 0 Å². The Kier molecular flexibility index (Phi) is 12.3. The predicted molar refractivity (Wildman–Crippen MR) is 78.3 cm³/mol.